The van der Waals surface area contributed by atoms with Gasteiger partial charge in [-0.15, -0.1) is 0 Å². The van der Waals surface area contributed by atoms with Gasteiger partial charge < -0.3 is 4.90 Å². The largest absolute Gasteiger partial charge is 0.378 e. The summed E-state index contributed by atoms with van der Waals surface area (Å²) < 4.78 is 0. The number of benzene rings is 1. The van der Waals surface area contributed by atoms with Gasteiger partial charge in [0.25, 0.3) is 0 Å². The molecule has 0 aliphatic heterocycles. The second-order valence-electron chi connectivity index (χ2n) is 7.24. The number of anilines is 1. The highest BCUT2D eigenvalue weighted by Gasteiger charge is 2.41. The van der Waals surface area contributed by atoms with E-state index in [0.29, 0.717) is 12.2 Å². The van der Waals surface area contributed by atoms with Crippen LogP contribution < -0.4 is 4.90 Å². The Labute approximate surface area is 116 Å². The molecule has 1 aliphatic carbocycles. The van der Waals surface area contributed by atoms with Crippen molar-refractivity contribution < 1.29 is 4.79 Å². The van der Waals surface area contributed by atoms with Gasteiger partial charge in [0.05, 0.1) is 0 Å². The van der Waals surface area contributed by atoms with Gasteiger partial charge in [0.15, 0.2) is 0 Å². The van der Waals surface area contributed by atoms with Crippen LogP contribution in [0.25, 0.3) is 0 Å². The van der Waals surface area contributed by atoms with Gasteiger partial charge in [0.1, 0.15) is 5.78 Å². The first-order valence-corrected chi connectivity index (χ1v) is 7.01. The van der Waals surface area contributed by atoms with Crippen molar-refractivity contribution in [2.45, 2.75) is 45.4 Å². The van der Waals surface area contributed by atoms with Crippen LogP contribution in [0.1, 0.15) is 45.6 Å². The second-order valence-corrected chi connectivity index (χ2v) is 7.24. The first-order valence-electron chi connectivity index (χ1n) is 7.01. The summed E-state index contributed by atoms with van der Waals surface area (Å²) in [5.74, 6) is 0.399. The van der Waals surface area contributed by atoms with Crippen LogP contribution in [-0.2, 0) is 10.2 Å². The summed E-state index contributed by atoms with van der Waals surface area (Å²) in [6, 6.07) is 8.66. The number of carbonyl (C=O) groups excluding carboxylic acids is 1. The molecule has 1 unspecified atom stereocenters. The fourth-order valence-electron chi connectivity index (χ4n) is 3.58. The SMILES string of the molecule is CN(C)c1ccc(C2(C)CC(=O)CC(C)(C)C2)cc1. The molecule has 19 heavy (non-hydrogen) atoms. The van der Waals surface area contributed by atoms with Gasteiger partial charge in [-0.2, -0.15) is 0 Å². The first-order chi connectivity index (χ1) is 8.72. The fraction of sp³-hybridized carbons (Fsp3) is 0.588. The van der Waals surface area contributed by atoms with Gasteiger partial charge >= 0.3 is 0 Å². The van der Waals surface area contributed by atoms with E-state index in [1.807, 2.05) is 14.1 Å². The Morgan fingerprint density at radius 3 is 2.05 bits per heavy atom. The fourth-order valence-corrected chi connectivity index (χ4v) is 3.58. The molecule has 0 radical (unpaired) electrons. The molecule has 1 aromatic carbocycles. The van der Waals surface area contributed by atoms with Gasteiger partial charge in [-0.25, -0.2) is 0 Å². The second kappa shape index (κ2) is 4.66. The average molecular weight is 259 g/mol. The predicted octanol–water partition coefficient (Wildman–Crippen LogP) is 3.79. The Hall–Kier alpha value is -1.31. The topological polar surface area (TPSA) is 20.3 Å². The normalized spacial score (nSPS) is 26.3. The van der Waals surface area contributed by atoms with E-state index in [0.717, 1.165) is 12.8 Å². The highest BCUT2D eigenvalue weighted by molar-refractivity contribution is 5.81. The van der Waals surface area contributed by atoms with Crippen molar-refractivity contribution in [3.05, 3.63) is 29.8 Å². The van der Waals surface area contributed by atoms with Crippen LogP contribution in [0.4, 0.5) is 5.69 Å². The summed E-state index contributed by atoms with van der Waals surface area (Å²) in [6.07, 6.45) is 2.48. The van der Waals surface area contributed by atoms with E-state index in [1.54, 1.807) is 0 Å². The Morgan fingerprint density at radius 2 is 1.58 bits per heavy atom. The van der Waals surface area contributed by atoms with Crippen molar-refractivity contribution in [2.24, 2.45) is 5.41 Å². The third-order valence-corrected chi connectivity index (χ3v) is 4.21. The zero-order chi connectivity index (χ0) is 14.3. The van der Waals surface area contributed by atoms with E-state index in [9.17, 15) is 4.79 Å². The maximum absolute atomic E-state index is 12.0. The smallest absolute Gasteiger partial charge is 0.134 e. The predicted molar refractivity (Wildman–Crippen MR) is 80.8 cm³/mol. The molecule has 0 heterocycles. The quantitative estimate of drug-likeness (QED) is 0.805. The highest BCUT2D eigenvalue weighted by Crippen LogP contribution is 2.46. The summed E-state index contributed by atoms with van der Waals surface area (Å²) in [5.41, 5.74) is 2.60. The van der Waals surface area contributed by atoms with Crippen molar-refractivity contribution in [1.82, 2.24) is 0 Å². The Bertz CT molecular complexity index is 473. The molecule has 0 aromatic heterocycles. The lowest BCUT2D eigenvalue weighted by atomic mass is 9.61. The number of rotatable bonds is 2. The molecule has 1 aliphatic rings. The van der Waals surface area contributed by atoms with E-state index in [-0.39, 0.29) is 10.8 Å². The van der Waals surface area contributed by atoms with E-state index >= 15 is 0 Å². The third kappa shape index (κ3) is 2.99. The number of hydrogen-bond acceptors (Lipinski definition) is 2. The van der Waals surface area contributed by atoms with Gasteiger partial charge in [-0.05, 0) is 34.9 Å². The minimum absolute atomic E-state index is 0.0102. The minimum atomic E-state index is -0.0102. The van der Waals surface area contributed by atoms with Crippen LogP contribution in [0, 0.1) is 5.41 Å². The highest BCUT2D eigenvalue weighted by atomic mass is 16.1. The molecule has 0 spiro atoms. The standard InChI is InChI=1S/C17H25NO/c1-16(2)10-15(19)11-17(3,12-16)13-6-8-14(9-7-13)18(4)5/h6-9H,10-12H2,1-5H3. The number of ketones is 1. The van der Waals surface area contributed by atoms with Crippen LogP contribution in [0.5, 0.6) is 0 Å². The summed E-state index contributed by atoms with van der Waals surface area (Å²) in [7, 11) is 4.09. The van der Waals surface area contributed by atoms with Crippen molar-refractivity contribution in [3.8, 4) is 0 Å². The van der Waals surface area contributed by atoms with E-state index < -0.39 is 0 Å². The summed E-state index contributed by atoms with van der Waals surface area (Å²) in [5, 5.41) is 0. The molecular formula is C17H25NO. The number of Topliss-reactive ketones (excluding diaryl/α,β-unsaturated/α-hetero) is 1. The van der Waals surface area contributed by atoms with Gasteiger partial charge in [0, 0.05) is 32.6 Å². The number of carbonyl (C=O) groups is 1. The van der Waals surface area contributed by atoms with Crippen LogP contribution in [0.15, 0.2) is 24.3 Å². The molecule has 0 N–H and O–H groups in total. The molecule has 1 saturated carbocycles. The van der Waals surface area contributed by atoms with Gasteiger partial charge in [-0.3, -0.25) is 4.79 Å². The first kappa shape index (κ1) is 14.1. The zero-order valence-corrected chi connectivity index (χ0v) is 12.8. The summed E-state index contributed by atoms with van der Waals surface area (Å²) in [6.45, 7) is 6.64. The van der Waals surface area contributed by atoms with Gasteiger partial charge in [0.2, 0.25) is 0 Å². The lowest BCUT2D eigenvalue weighted by Crippen LogP contribution is -2.38. The Kier molecular flexibility index (Phi) is 3.46. The molecule has 104 valence electrons. The minimum Gasteiger partial charge on any atom is -0.378 e. The molecule has 1 fully saturated rings. The summed E-state index contributed by atoms with van der Waals surface area (Å²) in [4.78, 5) is 14.1. The number of nitrogens with zero attached hydrogens (tertiary/aromatic N) is 1. The maximum Gasteiger partial charge on any atom is 0.134 e. The van der Waals surface area contributed by atoms with Crippen molar-refractivity contribution in [2.75, 3.05) is 19.0 Å². The molecule has 1 atom stereocenters. The van der Waals surface area contributed by atoms with E-state index in [4.69, 9.17) is 0 Å². The third-order valence-electron chi connectivity index (χ3n) is 4.21. The molecule has 0 saturated heterocycles. The lowest BCUT2D eigenvalue weighted by Gasteiger charge is -2.42. The van der Waals surface area contributed by atoms with Gasteiger partial charge in [-0.1, -0.05) is 32.9 Å². The molecule has 2 nitrogen and oxygen atoms in total. The van der Waals surface area contributed by atoms with Crippen LogP contribution in [0.3, 0.4) is 0 Å². The van der Waals surface area contributed by atoms with E-state index in [1.165, 1.54) is 11.3 Å². The Balaban J connectivity index is 2.31. The zero-order valence-electron chi connectivity index (χ0n) is 12.8. The molecule has 0 amide bonds. The van der Waals surface area contributed by atoms with Crippen molar-refractivity contribution in [1.29, 1.82) is 0 Å². The molecule has 2 rings (SSSR count). The molecule has 0 bridgehead atoms. The lowest BCUT2D eigenvalue weighted by molar-refractivity contribution is -0.125. The molecule has 1 aromatic rings. The maximum atomic E-state index is 12.0. The average Bonchev–Trinajstić information content (AvgIpc) is 2.25. The van der Waals surface area contributed by atoms with Crippen LogP contribution in [-0.4, -0.2) is 19.9 Å². The van der Waals surface area contributed by atoms with Crippen LogP contribution >= 0.6 is 0 Å². The molecular weight excluding hydrogens is 234 g/mol. The van der Waals surface area contributed by atoms with Crippen molar-refractivity contribution in [3.63, 3.8) is 0 Å². The summed E-state index contributed by atoms with van der Waals surface area (Å²) >= 11 is 0. The number of hydrogen-bond donors (Lipinski definition) is 0. The van der Waals surface area contributed by atoms with Crippen LogP contribution in [0.2, 0.25) is 0 Å². The van der Waals surface area contributed by atoms with Crippen molar-refractivity contribution >= 4 is 11.5 Å². The molecule has 2 heteroatoms. The Morgan fingerprint density at radius 1 is 1.00 bits per heavy atom. The monoisotopic (exact) mass is 259 g/mol. The van der Waals surface area contributed by atoms with E-state index in [2.05, 4.69) is 49.9 Å².